The van der Waals surface area contributed by atoms with Crippen LogP contribution in [-0.4, -0.2) is 28.6 Å². The molecule has 1 amide bonds. The van der Waals surface area contributed by atoms with Crippen molar-refractivity contribution in [2.45, 2.75) is 19.9 Å². The molecule has 1 unspecified atom stereocenters. The molecular weight excluding hydrogens is 206 g/mol. The minimum absolute atomic E-state index is 0.0214. The van der Waals surface area contributed by atoms with Crippen LogP contribution in [0.25, 0.3) is 0 Å². The number of nitrogens with zero attached hydrogens (tertiary/aromatic N) is 1. The first-order valence-corrected chi connectivity index (χ1v) is 5.18. The van der Waals surface area contributed by atoms with Gasteiger partial charge in [-0.25, -0.2) is 4.98 Å². The van der Waals surface area contributed by atoms with Gasteiger partial charge in [0.1, 0.15) is 5.82 Å². The Hall–Kier alpha value is -1.62. The molecule has 0 fully saturated rings. The summed E-state index contributed by atoms with van der Waals surface area (Å²) in [6.07, 6.45) is 1.57. The topological polar surface area (TPSA) is 88.2 Å². The maximum absolute atomic E-state index is 11.1. The Bertz CT molecular complexity index is 366. The van der Waals surface area contributed by atoms with Crippen LogP contribution in [0.5, 0.6) is 0 Å². The molecule has 1 aromatic rings. The van der Waals surface area contributed by atoms with Gasteiger partial charge in [0, 0.05) is 6.20 Å². The van der Waals surface area contributed by atoms with Crippen LogP contribution in [0, 0.1) is 5.92 Å². The summed E-state index contributed by atoms with van der Waals surface area (Å²) >= 11 is 0. The molecule has 0 aliphatic rings. The number of primary amides is 1. The van der Waals surface area contributed by atoms with E-state index >= 15 is 0 Å². The van der Waals surface area contributed by atoms with Crippen molar-refractivity contribution in [1.29, 1.82) is 0 Å². The van der Waals surface area contributed by atoms with Crippen molar-refractivity contribution < 1.29 is 9.90 Å². The Balaban J connectivity index is 2.91. The van der Waals surface area contributed by atoms with Crippen LogP contribution in [0.4, 0.5) is 5.82 Å². The second-order valence-corrected chi connectivity index (χ2v) is 3.94. The average molecular weight is 223 g/mol. The summed E-state index contributed by atoms with van der Waals surface area (Å²) in [6.45, 7) is 3.92. The number of aromatic nitrogens is 1. The smallest absolute Gasteiger partial charge is 0.252 e. The van der Waals surface area contributed by atoms with Gasteiger partial charge in [0.05, 0.1) is 18.2 Å². The van der Waals surface area contributed by atoms with Crippen molar-refractivity contribution >= 4 is 11.7 Å². The maximum atomic E-state index is 11.1. The molecule has 1 atom stereocenters. The van der Waals surface area contributed by atoms with Crippen LogP contribution in [0.2, 0.25) is 0 Å². The Morgan fingerprint density at radius 3 is 2.81 bits per heavy atom. The lowest BCUT2D eigenvalue weighted by atomic mass is 10.1. The van der Waals surface area contributed by atoms with Gasteiger partial charge in [-0.1, -0.05) is 13.8 Å². The molecule has 5 nitrogen and oxygen atoms in total. The number of hydrogen-bond acceptors (Lipinski definition) is 4. The molecule has 0 aliphatic heterocycles. The number of nitrogens with one attached hydrogen (secondary N) is 1. The highest BCUT2D eigenvalue weighted by Gasteiger charge is 2.16. The monoisotopic (exact) mass is 223 g/mol. The Kier molecular flexibility index (Phi) is 4.25. The first-order valence-electron chi connectivity index (χ1n) is 5.18. The number of nitrogens with two attached hydrogens (primary N) is 1. The molecule has 1 rings (SSSR count). The van der Waals surface area contributed by atoms with Crippen LogP contribution >= 0.6 is 0 Å². The van der Waals surface area contributed by atoms with Gasteiger partial charge in [-0.2, -0.15) is 0 Å². The van der Waals surface area contributed by atoms with E-state index < -0.39 is 5.91 Å². The second kappa shape index (κ2) is 5.46. The fraction of sp³-hybridized carbons (Fsp3) is 0.455. The van der Waals surface area contributed by atoms with Crippen molar-refractivity contribution in [3.8, 4) is 0 Å². The van der Waals surface area contributed by atoms with Crippen LogP contribution < -0.4 is 11.1 Å². The molecule has 4 N–H and O–H groups in total. The number of amides is 1. The van der Waals surface area contributed by atoms with Crippen molar-refractivity contribution in [1.82, 2.24) is 4.98 Å². The summed E-state index contributed by atoms with van der Waals surface area (Å²) in [5, 5.41) is 12.2. The number of rotatable bonds is 5. The minimum atomic E-state index is -0.531. The largest absolute Gasteiger partial charge is 0.394 e. The van der Waals surface area contributed by atoms with Gasteiger partial charge in [0.2, 0.25) is 0 Å². The second-order valence-electron chi connectivity index (χ2n) is 3.94. The van der Waals surface area contributed by atoms with Crippen molar-refractivity contribution in [2.75, 3.05) is 11.9 Å². The molecule has 0 saturated carbocycles. The summed E-state index contributed by atoms with van der Waals surface area (Å²) in [7, 11) is 0. The first-order chi connectivity index (χ1) is 7.56. The quantitative estimate of drug-likeness (QED) is 0.682. The number of aliphatic hydroxyl groups excluding tert-OH is 1. The van der Waals surface area contributed by atoms with Crippen molar-refractivity contribution in [3.63, 3.8) is 0 Å². The maximum Gasteiger partial charge on any atom is 0.252 e. The van der Waals surface area contributed by atoms with E-state index in [0.29, 0.717) is 11.4 Å². The van der Waals surface area contributed by atoms with Gasteiger partial charge >= 0.3 is 0 Å². The third-order valence-electron chi connectivity index (χ3n) is 2.40. The van der Waals surface area contributed by atoms with E-state index in [2.05, 4.69) is 10.3 Å². The Morgan fingerprint density at radius 2 is 2.31 bits per heavy atom. The fourth-order valence-corrected chi connectivity index (χ4v) is 1.32. The molecule has 1 heterocycles. The van der Waals surface area contributed by atoms with Crippen LogP contribution in [0.15, 0.2) is 18.3 Å². The molecule has 0 radical (unpaired) electrons. The van der Waals surface area contributed by atoms with E-state index in [1.807, 2.05) is 13.8 Å². The third kappa shape index (κ3) is 2.93. The first kappa shape index (κ1) is 12.4. The van der Waals surface area contributed by atoms with E-state index in [-0.39, 0.29) is 18.6 Å². The molecular formula is C11H17N3O2. The molecule has 0 aromatic carbocycles. The zero-order valence-electron chi connectivity index (χ0n) is 9.47. The SMILES string of the molecule is CC(C)C(CO)Nc1ncccc1C(N)=O. The lowest BCUT2D eigenvalue weighted by Gasteiger charge is -2.21. The highest BCUT2D eigenvalue weighted by atomic mass is 16.3. The van der Waals surface area contributed by atoms with E-state index in [1.54, 1.807) is 18.3 Å². The van der Waals surface area contributed by atoms with Gasteiger partial charge in [-0.05, 0) is 18.1 Å². The third-order valence-corrected chi connectivity index (χ3v) is 2.40. The standard InChI is InChI=1S/C11H17N3O2/c1-7(2)9(6-15)14-11-8(10(12)16)4-3-5-13-11/h3-5,7,9,15H,6H2,1-2H3,(H2,12,16)(H,13,14). The molecule has 0 bridgehead atoms. The van der Waals surface area contributed by atoms with Gasteiger partial charge in [-0.3, -0.25) is 4.79 Å². The number of anilines is 1. The van der Waals surface area contributed by atoms with Gasteiger partial charge in [0.25, 0.3) is 5.91 Å². The summed E-state index contributed by atoms with van der Waals surface area (Å²) in [5.74, 6) is 0.117. The van der Waals surface area contributed by atoms with Crippen LogP contribution in [0.1, 0.15) is 24.2 Å². The summed E-state index contributed by atoms with van der Waals surface area (Å²) < 4.78 is 0. The lowest BCUT2D eigenvalue weighted by Crippen LogP contribution is -2.31. The van der Waals surface area contributed by atoms with Gasteiger partial charge in [0.15, 0.2) is 0 Å². The zero-order valence-corrected chi connectivity index (χ0v) is 9.47. The van der Waals surface area contributed by atoms with Crippen molar-refractivity contribution in [3.05, 3.63) is 23.9 Å². The summed E-state index contributed by atoms with van der Waals surface area (Å²) in [6, 6.07) is 3.11. The summed E-state index contributed by atoms with van der Waals surface area (Å²) in [4.78, 5) is 15.2. The van der Waals surface area contributed by atoms with Crippen molar-refractivity contribution in [2.24, 2.45) is 11.7 Å². The normalized spacial score (nSPS) is 12.5. The number of pyridine rings is 1. The number of aliphatic hydroxyl groups is 1. The van der Waals surface area contributed by atoms with E-state index in [4.69, 9.17) is 5.73 Å². The predicted molar refractivity (Wildman–Crippen MR) is 62.1 cm³/mol. The Morgan fingerprint density at radius 1 is 1.62 bits per heavy atom. The lowest BCUT2D eigenvalue weighted by molar-refractivity contribution is 0.100. The number of carbonyl (C=O) groups excluding carboxylic acids is 1. The molecule has 5 heteroatoms. The molecule has 0 spiro atoms. The molecule has 88 valence electrons. The highest BCUT2D eigenvalue weighted by Crippen LogP contribution is 2.14. The predicted octanol–water partition coefficient (Wildman–Crippen LogP) is 0.609. The van der Waals surface area contributed by atoms with E-state index in [9.17, 15) is 9.90 Å². The fourth-order valence-electron chi connectivity index (χ4n) is 1.32. The molecule has 0 aliphatic carbocycles. The molecule has 1 aromatic heterocycles. The summed E-state index contributed by atoms with van der Waals surface area (Å²) in [5.41, 5.74) is 5.56. The zero-order chi connectivity index (χ0) is 12.1. The van der Waals surface area contributed by atoms with Gasteiger partial charge < -0.3 is 16.2 Å². The van der Waals surface area contributed by atoms with Crippen LogP contribution in [0.3, 0.4) is 0 Å². The van der Waals surface area contributed by atoms with Gasteiger partial charge in [-0.15, -0.1) is 0 Å². The highest BCUT2D eigenvalue weighted by molar-refractivity contribution is 5.97. The average Bonchev–Trinajstić information content (AvgIpc) is 2.25. The number of hydrogen-bond donors (Lipinski definition) is 3. The number of carbonyl (C=O) groups is 1. The molecule has 0 saturated heterocycles. The van der Waals surface area contributed by atoms with E-state index in [0.717, 1.165) is 0 Å². The Labute approximate surface area is 94.7 Å². The molecule has 16 heavy (non-hydrogen) atoms. The minimum Gasteiger partial charge on any atom is -0.394 e. The van der Waals surface area contributed by atoms with E-state index in [1.165, 1.54) is 0 Å². The van der Waals surface area contributed by atoms with Crippen LogP contribution in [-0.2, 0) is 0 Å².